The summed E-state index contributed by atoms with van der Waals surface area (Å²) >= 11 is 0. The fourth-order valence-electron chi connectivity index (χ4n) is 2.63. The number of anilines is 1. The molecule has 2 aromatic carbocycles. The molecule has 1 aromatic heterocycles. The monoisotopic (exact) mass is 352 g/mol. The topological polar surface area (TPSA) is 89.0 Å². The zero-order valence-corrected chi connectivity index (χ0v) is 14.4. The molecule has 0 unspecified atom stereocenters. The van der Waals surface area contributed by atoms with E-state index < -0.39 is 0 Å². The minimum atomic E-state index is -0.333. The number of hydrogen-bond donors (Lipinski definition) is 2. The Morgan fingerprint density at radius 2 is 2.00 bits per heavy atom. The van der Waals surface area contributed by atoms with Gasteiger partial charge in [0.25, 0.3) is 0 Å². The minimum absolute atomic E-state index is 0.0256. The summed E-state index contributed by atoms with van der Waals surface area (Å²) in [6.45, 7) is 2.28. The third kappa shape index (κ3) is 4.25. The van der Waals surface area contributed by atoms with Gasteiger partial charge in [-0.2, -0.15) is 5.10 Å². The first-order valence-electron chi connectivity index (χ1n) is 8.28. The van der Waals surface area contributed by atoms with Crippen molar-refractivity contribution in [2.45, 2.75) is 13.3 Å². The van der Waals surface area contributed by atoms with Gasteiger partial charge in [0.15, 0.2) is 0 Å². The Balaban J connectivity index is 1.56. The standard InChI is InChI=1S/C19H20N4O3/c1-14-16(8-5-9-17(14)23-13-20-22-19(23)25)21-18(24)12-26-11-10-15-6-3-2-4-7-15/h2-9,13H,10-12H2,1H3,(H,21,24)(H,22,25). The first-order valence-corrected chi connectivity index (χ1v) is 8.28. The van der Waals surface area contributed by atoms with Crippen LogP contribution in [0.25, 0.3) is 5.69 Å². The highest BCUT2D eigenvalue weighted by Gasteiger charge is 2.10. The van der Waals surface area contributed by atoms with E-state index in [1.165, 1.54) is 16.5 Å². The van der Waals surface area contributed by atoms with E-state index in [1.807, 2.05) is 37.3 Å². The molecule has 0 atom stereocenters. The number of H-pyrrole nitrogens is 1. The smallest absolute Gasteiger partial charge is 0.347 e. The molecule has 0 aliphatic carbocycles. The molecule has 0 bridgehead atoms. The van der Waals surface area contributed by atoms with E-state index in [0.29, 0.717) is 18.0 Å². The Kier molecular flexibility index (Phi) is 5.60. The molecular weight excluding hydrogens is 332 g/mol. The first kappa shape index (κ1) is 17.6. The lowest BCUT2D eigenvalue weighted by Crippen LogP contribution is -2.21. The summed E-state index contributed by atoms with van der Waals surface area (Å²) in [5.74, 6) is -0.238. The van der Waals surface area contributed by atoms with Gasteiger partial charge in [0, 0.05) is 5.69 Å². The van der Waals surface area contributed by atoms with Crippen molar-refractivity contribution in [1.82, 2.24) is 14.8 Å². The van der Waals surface area contributed by atoms with Gasteiger partial charge in [-0.25, -0.2) is 14.5 Å². The van der Waals surface area contributed by atoms with E-state index in [2.05, 4.69) is 15.5 Å². The third-order valence-electron chi connectivity index (χ3n) is 4.00. The van der Waals surface area contributed by atoms with Gasteiger partial charge >= 0.3 is 5.69 Å². The molecule has 0 saturated heterocycles. The van der Waals surface area contributed by atoms with Gasteiger partial charge in [-0.15, -0.1) is 0 Å². The number of aromatic amines is 1. The molecule has 26 heavy (non-hydrogen) atoms. The van der Waals surface area contributed by atoms with E-state index in [0.717, 1.165) is 12.0 Å². The van der Waals surface area contributed by atoms with Gasteiger partial charge in [-0.05, 0) is 36.6 Å². The van der Waals surface area contributed by atoms with Gasteiger partial charge in [0.1, 0.15) is 12.9 Å². The van der Waals surface area contributed by atoms with Gasteiger partial charge in [-0.3, -0.25) is 4.79 Å². The summed E-state index contributed by atoms with van der Waals surface area (Å²) in [7, 11) is 0. The average molecular weight is 352 g/mol. The van der Waals surface area contributed by atoms with Crippen molar-refractivity contribution >= 4 is 11.6 Å². The van der Waals surface area contributed by atoms with Gasteiger partial charge < -0.3 is 10.1 Å². The molecule has 0 saturated carbocycles. The summed E-state index contributed by atoms with van der Waals surface area (Å²) in [6.07, 6.45) is 2.16. The molecule has 3 rings (SSSR count). The highest BCUT2D eigenvalue weighted by molar-refractivity contribution is 5.92. The lowest BCUT2D eigenvalue weighted by molar-refractivity contribution is -0.120. The van der Waals surface area contributed by atoms with Crippen LogP contribution in [-0.4, -0.2) is 33.9 Å². The third-order valence-corrected chi connectivity index (χ3v) is 4.00. The SMILES string of the molecule is Cc1c(NC(=O)COCCc2ccccc2)cccc1-n1cn[nH]c1=O. The first-order chi connectivity index (χ1) is 12.6. The van der Waals surface area contributed by atoms with Crippen molar-refractivity contribution in [1.29, 1.82) is 0 Å². The van der Waals surface area contributed by atoms with Crippen LogP contribution in [0, 0.1) is 6.92 Å². The maximum atomic E-state index is 12.1. The van der Waals surface area contributed by atoms with Gasteiger partial charge in [0.2, 0.25) is 5.91 Å². The predicted molar refractivity (Wildman–Crippen MR) is 98.5 cm³/mol. The molecule has 7 heteroatoms. The maximum Gasteiger partial charge on any atom is 0.347 e. The van der Waals surface area contributed by atoms with Crippen LogP contribution in [0.15, 0.2) is 59.7 Å². The summed E-state index contributed by atoms with van der Waals surface area (Å²) in [6, 6.07) is 15.3. The molecule has 0 radical (unpaired) electrons. The van der Waals surface area contributed by atoms with Gasteiger partial charge in [0.05, 0.1) is 12.3 Å². The van der Waals surface area contributed by atoms with E-state index in [4.69, 9.17) is 4.74 Å². The second-order valence-electron chi connectivity index (χ2n) is 5.82. The molecule has 134 valence electrons. The van der Waals surface area contributed by atoms with E-state index in [9.17, 15) is 9.59 Å². The molecule has 0 aliphatic rings. The molecule has 0 fully saturated rings. The Morgan fingerprint density at radius 1 is 1.19 bits per heavy atom. The van der Waals surface area contributed by atoms with Crippen molar-refractivity contribution in [3.05, 3.63) is 76.5 Å². The van der Waals surface area contributed by atoms with E-state index in [-0.39, 0.29) is 18.2 Å². The lowest BCUT2D eigenvalue weighted by atomic mass is 10.1. The van der Waals surface area contributed by atoms with Crippen LogP contribution < -0.4 is 11.0 Å². The number of amides is 1. The van der Waals surface area contributed by atoms with Crippen LogP contribution in [0.4, 0.5) is 5.69 Å². The number of hydrogen-bond acceptors (Lipinski definition) is 4. The van der Waals surface area contributed by atoms with Crippen molar-refractivity contribution in [3.63, 3.8) is 0 Å². The highest BCUT2D eigenvalue weighted by Crippen LogP contribution is 2.21. The van der Waals surface area contributed by atoms with Crippen molar-refractivity contribution in [2.24, 2.45) is 0 Å². The lowest BCUT2D eigenvalue weighted by Gasteiger charge is -2.12. The number of carbonyl (C=O) groups is 1. The summed E-state index contributed by atoms with van der Waals surface area (Å²) in [5, 5.41) is 8.90. The normalized spacial score (nSPS) is 10.7. The Hall–Kier alpha value is -3.19. The molecule has 0 aliphatic heterocycles. The Labute approximate surface area is 150 Å². The molecule has 1 amide bonds. The second kappa shape index (κ2) is 8.26. The molecule has 7 nitrogen and oxygen atoms in total. The van der Waals surface area contributed by atoms with Crippen LogP contribution in [-0.2, 0) is 16.0 Å². The van der Waals surface area contributed by atoms with Gasteiger partial charge in [-0.1, -0.05) is 36.4 Å². The summed E-state index contributed by atoms with van der Waals surface area (Å²) < 4.78 is 6.84. The Morgan fingerprint density at radius 3 is 2.73 bits per heavy atom. The van der Waals surface area contributed by atoms with Crippen LogP contribution in [0.3, 0.4) is 0 Å². The summed E-state index contributed by atoms with van der Waals surface area (Å²) in [4.78, 5) is 23.9. The average Bonchev–Trinajstić information content (AvgIpc) is 3.07. The predicted octanol–water partition coefficient (Wildman–Crippen LogP) is 2.07. The number of nitrogens with one attached hydrogen (secondary N) is 2. The number of benzene rings is 2. The zero-order chi connectivity index (χ0) is 18.4. The van der Waals surface area contributed by atoms with Crippen LogP contribution in [0.2, 0.25) is 0 Å². The molecule has 0 spiro atoms. The van der Waals surface area contributed by atoms with E-state index >= 15 is 0 Å². The fraction of sp³-hybridized carbons (Fsp3) is 0.211. The highest BCUT2D eigenvalue weighted by atomic mass is 16.5. The van der Waals surface area contributed by atoms with E-state index in [1.54, 1.807) is 18.2 Å². The molecule has 1 heterocycles. The number of aromatic nitrogens is 3. The number of nitrogens with zero attached hydrogens (tertiary/aromatic N) is 2. The maximum absolute atomic E-state index is 12.1. The summed E-state index contributed by atoms with van der Waals surface area (Å²) in [5.41, 5.74) is 2.90. The van der Waals surface area contributed by atoms with Crippen molar-refractivity contribution < 1.29 is 9.53 Å². The van der Waals surface area contributed by atoms with Crippen LogP contribution in [0.1, 0.15) is 11.1 Å². The zero-order valence-electron chi connectivity index (χ0n) is 14.4. The minimum Gasteiger partial charge on any atom is -0.371 e. The largest absolute Gasteiger partial charge is 0.371 e. The molecule has 2 N–H and O–H groups in total. The van der Waals surface area contributed by atoms with Crippen molar-refractivity contribution in [2.75, 3.05) is 18.5 Å². The van der Waals surface area contributed by atoms with Crippen molar-refractivity contribution in [3.8, 4) is 5.69 Å². The molecular formula is C19H20N4O3. The number of ether oxygens (including phenoxy) is 1. The second-order valence-corrected chi connectivity index (χ2v) is 5.82. The van der Waals surface area contributed by atoms with Crippen LogP contribution in [0.5, 0.6) is 0 Å². The number of rotatable bonds is 7. The van der Waals surface area contributed by atoms with Crippen LogP contribution >= 0.6 is 0 Å². The molecule has 3 aromatic rings. The Bertz CT molecular complexity index is 931. The number of carbonyl (C=O) groups excluding carboxylic acids is 1. The quantitative estimate of drug-likeness (QED) is 0.637. The fourth-order valence-corrected chi connectivity index (χ4v) is 2.63.